The lowest BCUT2D eigenvalue weighted by molar-refractivity contribution is 0.102. The number of aromatic amines is 1. The van der Waals surface area contributed by atoms with Gasteiger partial charge in [0.2, 0.25) is 0 Å². The number of nitrogens with zero attached hydrogens (tertiary/aromatic N) is 4. The monoisotopic (exact) mass is 493 g/mol. The molecule has 1 atom stereocenters. The molecule has 12 heteroatoms. The first kappa shape index (κ1) is 20.6. The molecule has 0 aliphatic carbocycles. The lowest BCUT2D eigenvalue weighted by Gasteiger charge is -2.38. The number of amides is 2. The van der Waals surface area contributed by atoms with Crippen molar-refractivity contribution in [2.45, 2.75) is 25.8 Å². The first-order valence-corrected chi connectivity index (χ1v) is 10.9. The third-order valence-electron chi connectivity index (χ3n) is 5.06. The highest BCUT2D eigenvalue weighted by Crippen LogP contribution is 2.39. The molecule has 1 saturated heterocycles. The van der Waals surface area contributed by atoms with Gasteiger partial charge < -0.3 is 20.3 Å². The van der Waals surface area contributed by atoms with Crippen molar-refractivity contribution in [1.82, 2.24) is 20.0 Å². The highest BCUT2D eigenvalue weighted by molar-refractivity contribution is 9.10. The fourth-order valence-corrected chi connectivity index (χ4v) is 4.80. The summed E-state index contributed by atoms with van der Waals surface area (Å²) in [6, 6.07) is -0.332. The molecule has 0 bridgehead atoms. The number of fused-ring (bicyclic) bond motifs is 1. The summed E-state index contributed by atoms with van der Waals surface area (Å²) in [6.07, 6.45) is 3.69. The topological polar surface area (TPSA) is 140 Å². The minimum atomic E-state index is -1.16. The van der Waals surface area contributed by atoms with Gasteiger partial charge in [-0.1, -0.05) is 0 Å². The van der Waals surface area contributed by atoms with Crippen LogP contribution in [0.3, 0.4) is 0 Å². The van der Waals surface area contributed by atoms with Gasteiger partial charge in [0.25, 0.3) is 5.91 Å². The summed E-state index contributed by atoms with van der Waals surface area (Å²) in [5.41, 5.74) is 2.38. The molecular formula is C18H20BrN7O3S. The zero-order chi connectivity index (χ0) is 21.4. The Morgan fingerprint density at radius 1 is 1.50 bits per heavy atom. The molecule has 1 aliphatic heterocycles. The minimum absolute atomic E-state index is 0.304. The number of piperidine rings is 1. The molecule has 1 aliphatic rings. The molecule has 2 amide bonds. The molecule has 158 valence electrons. The second kappa shape index (κ2) is 8.20. The van der Waals surface area contributed by atoms with Gasteiger partial charge >= 0.3 is 6.09 Å². The predicted molar refractivity (Wildman–Crippen MR) is 118 cm³/mol. The Labute approximate surface area is 184 Å². The summed E-state index contributed by atoms with van der Waals surface area (Å²) in [5.74, 6) is 5.43. The number of anilines is 2. The first-order valence-electron chi connectivity index (χ1n) is 9.26. The van der Waals surface area contributed by atoms with Crippen LogP contribution in [0.15, 0.2) is 22.2 Å². The number of nitrogens with one attached hydrogen (secondary N) is 2. The number of nitrogens with two attached hydrogens (primary N) is 1. The van der Waals surface area contributed by atoms with Crippen molar-refractivity contribution < 1.29 is 14.7 Å². The third kappa shape index (κ3) is 3.85. The van der Waals surface area contributed by atoms with Crippen LogP contribution in [0.2, 0.25) is 0 Å². The van der Waals surface area contributed by atoms with Crippen molar-refractivity contribution in [2.75, 3.05) is 23.3 Å². The molecule has 3 aromatic rings. The SMILES string of the molecule is Cc1nc(C(=O)Nc2c[nH]c3ncc(Br)c(N4CCC[C@@H](N(N)C(=O)O)C4)c23)cs1. The molecule has 4 rings (SSSR count). The normalized spacial score (nSPS) is 16.6. The van der Waals surface area contributed by atoms with Gasteiger partial charge in [0.05, 0.1) is 32.3 Å². The van der Waals surface area contributed by atoms with Crippen LogP contribution in [0.1, 0.15) is 28.3 Å². The fourth-order valence-electron chi connectivity index (χ4n) is 3.66. The Hall–Kier alpha value is -2.70. The summed E-state index contributed by atoms with van der Waals surface area (Å²) in [7, 11) is 0. The maximum atomic E-state index is 12.6. The molecule has 0 spiro atoms. The molecule has 0 unspecified atom stereocenters. The second-order valence-electron chi connectivity index (χ2n) is 7.02. The van der Waals surface area contributed by atoms with Crippen LogP contribution in [-0.4, -0.2) is 56.2 Å². The van der Waals surface area contributed by atoms with E-state index in [0.29, 0.717) is 30.0 Å². The summed E-state index contributed by atoms with van der Waals surface area (Å²) >= 11 is 4.98. The second-order valence-corrected chi connectivity index (χ2v) is 8.94. The fraction of sp³-hybridized carbons (Fsp3) is 0.333. The van der Waals surface area contributed by atoms with E-state index >= 15 is 0 Å². The first-order chi connectivity index (χ1) is 14.3. The Morgan fingerprint density at radius 2 is 2.30 bits per heavy atom. The number of carboxylic acid groups (broad SMARTS) is 1. The van der Waals surface area contributed by atoms with Gasteiger partial charge in [-0.25, -0.2) is 25.6 Å². The van der Waals surface area contributed by atoms with E-state index in [9.17, 15) is 14.7 Å². The number of hydrazine groups is 1. The van der Waals surface area contributed by atoms with Crippen LogP contribution in [-0.2, 0) is 0 Å². The van der Waals surface area contributed by atoms with Crippen LogP contribution in [0.4, 0.5) is 16.2 Å². The number of aryl methyl sites for hydroxylation is 1. The number of hydrogen-bond donors (Lipinski definition) is 4. The molecule has 10 nitrogen and oxygen atoms in total. The van der Waals surface area contributed by atoms with Crippen molar-refractivity contribution in [2.24, 2.45) is 5.84 Å². The summed E-state index contributed by atoms with van der Waals surface area (Å²) in [6.45, 7) is 3.01. The van der Waals surface area contributed by atoms with E-state index in [-0.39, 0.29) is 11.9 Å². The maximum absolute atomic E-state index is 12.6. The number of carbonyl (C=O) groups is 2. The zero-order valence-corrected chi connectivity index (χ0v) is 18.5. The number of thiazole rings is 1. The van der Waals surface area contributed by atoms with Gasteiger partial charge in [-0.05, 0) is 35.7 Å². The van der Waals surface area contributed by atoms with Crippen molar-refractivity contribution in [3.63, 3.8) is 0 Å². The van der Waals surface area contributed by atoms with E-state index in [2.05, 4.69) is 41.1 Å². The number of hydrogen-bond acceptors (Lipinski definition) is 7. The number of rotatable bonds is 4. The van der Waals surface area contributed by atoms with E-state index in [1.165, 1.54) is 11.3 Å². The standard InChI is InChI=1S/C18H20BrN7O3S/c1-9-23-13(8-30-9)17(27)24-12-6-22-16-14(12)15(11(19)5-21-16)25-4-2-3-10(7-25)26(20)18(28)29/h5-6,8,10H,2-4,7,20H2,1H3,(H,21,22)(H,24,27)(H,28,29)/t10-/m1/s1. The van der Waals surface area contributed by atoms with E-state index < -0.39 is 6.09 Å². The average Bonchev–Trinajstić information content (AvgIpc) is 3.34. The minimum Gasteiger partial charge on any atom is -0.464 e. The van der Waals surface area contributed by atoms with Gasteiger partial charge in [-0.3, -0.25) is 4.79 Å². The van der Waals surface area contributed by atoms with Gasteiger partial charge in [0.15, 0.2) is 0 Å². The van der Waals surface area contributed by atoms with Crippen molar-refractivity contribution in [3.05, 3.63) is 32.9 Å². The Balaban J connectivity index is 1.69. The predicted octanol–water partition coefficient (Wildman–Crippen LogP) is 3.17. The average molecular weight is 494 g/mol. The molecular weight excluding hydrogens is 474 g/mol. The molecule has 5 N–H and O–H groups in total. The Bertz CT molecular complexity index is 1110. The highest BCUT2D eigenvalue weighted by atomic mass is 79.9. The molecule has 3 aromatic heterocycles. The van der Waals surface area contributed by atoms with Gasteiger partial charge in [-0.15, -0.1) is 11.3 Å². The van der Waals surface area contributed by atoms with E-state index in [0.717, 1.165) is 38.5 Å². The van der Waals surface area contributed by atoms with Crippen LogP contribution in [0.25, 0.3) is 11.0 Å². The Morgan fingerprint density at radius 3 is 3.00 bits per heavy atom. The third-order valence-corrected chi connectivity index (χ3v) is 6.41. The summed E-state index contributed by atoms with van der Waals surface area (Å²) in [5, 5.41) is 16.3. The molecule has 1 fully saturated rings. The quantitative estimate of drug-likeness (QED) is 0.248. The van der Waals surface area contributed by atoms with Crippen LogP contribution in [0, 0.1) is 6.92 Å². The van der Waals surface area contributed by atoms with Crippen molar-refractivity contribution >= 4 is 61.7 Å². The molecule has 4 heterocycles. The van der Waals surface area contributed by atoms with Crippen LogP contribution >= 0.6 is 27.3 Å². The summed E-state index contributed by atoms with van der Waals surface area (Å²) in [4.78, 5) is 37.7. The van der Waals surface area contributed by atoms with E-state index in [1.54, 1.807) is 17.8 Å². The van der Waals surface area contributed by atoms with Gasteiger partial charge in [-0.2, -0.15) is 0 Å². The largest absolute Gasteiger partial charge is 0.464 e. The van der Waals surface area contributed by atoms with Gasteiger partial charge in [0.1, 0.15) is 11.3 Å². The molecule has 0 saturated carbocycles. The van der Waals surface area contributed by atoms with E-state index in [4.69, 9.17) is 5.84 Å². The molecule has 0 radical (unpaired) electrons. The number of carbonyl (C=O) groups excluding carboxylic acids is 1. The van der Waals surface area contributed by atoms with Crippen molar-refractivity contribution in [1.29, 1.82) is 0 Å². The maximum Gasteiger partial charge on any atom is 0.421 e. The lowest BCUT2D eigenvalue weighted by atomic mass is 10.0. The number of H-pyrrole nitrogens is 1. The number of halogens is 1. The zero-order valence-electron chi connectivity index (χ0n) is 16.1. The Kier molecular flexibility index (Phi) is 5.62. The number of pyridine rings is 1. The van der Waals surface area contributed by atoms with Crippen molar-refractivity contribution in [3.8, 4) is 0 Å². The number of aromatic nitrogens is 3. The summed E-state index contributed by atoms with van der Waals surface area (Å²) < 4.78 is 0.745. The van der Waals surface area contributed by atoms with Crippen LogP contribution < -0.4 is 16.1 Å². The smallest absolute Gasteiger partial charge is 0.421 e. The lowest BCUT2D eigenvalue weighted by Crippen LogP contribution is -2.53. The molecule has 30 heavy (non-hydrogen) atoms. The van der Waals surface area contributed by atoms with E-state index in [1.807, 2.05) is 6.92 Å². The van der Waals surface area contributed by atoms with Crippen LogP contribution in [0.5, 0.6) is 0 Å². The van der Waals surface area contributed by atoms with Gasteiger partial charge in [0, 0.05) is 30.9 Å². The molecule has 0 aromatic carbocycles. The highest BCUT2D eigenvalue weighted by Gasteiger charge is 2.29.